The molecule has 0 saturated heterocycles. The topological polar surface area (TPSA) is 49.3 Å². The van der Waals surface area contributed by atoms with Gasteiger partial charge in [0.1, 0.15) is 0 Å². The lowest BCUT2D eigenvalue weighted by Gasteiger charge is -2.09. The van der Waals surface area contributed by atoms with Crippen molar-refractivity contribution < 1.29 is 9.90 Å². The molecule has 0 rings (SSSR count). The highest BCUT2D eigenvalue weighted by atomic mass is 35.5. The zero-order valence-electron chi connectivity index (χ0n) is 10.1. The first-order chi connectivity index (χ1) is 7.16. The molecule has 1 atom stereocenters. The van der Waals surface area contributed by atoms with Crippen LogP contribution >= 0.6 is 12.4 Å². The quantitative estimate of drug-likeness (QED) is 0.462. The zero-order valence-corrected chi connectivity index (χ0v) is 10.9. The van der Waals surface area contributed by atoms with Gasteiger partial charge in [0.05, 0.1) is 0 Å². The van der Waals surface area contributed by atoms with E-state index in [1.165, 1.54) is 12.8 Å². The standard InChI is InChI=1S/C12H23NO2.ClH/c1-3-4-5-6-7-8-13-10-11(2)9-12(14)15;/h3,11,13H,1,4-10H2,2H3,(H,14,15);1H. The predicted molar refractivity (Wildman–Crippen MR) is 70.2 cm³/mol. The van der Waals surface area contributed by atoms with Gasteiger partial charge in [0.15, 0.2) is 0 Å². The summed E-state index contributed by atoms with van der Waals surface area (Å²) >= 11 is 0. The van der Waals surface area contributed by atoms with E-state index in [2.05, 4.69) is 11.9 Å². The number of aliphatic carboxylic acids is 1. The Morgan fingerprint density at radius 2 is 2.12 bits per heavy atom. The van der Waals surface area contributed by atoms with Crippen LogP contribution in [0.1, 0.15) is 39.0 Å². The fraction of sp³-hybridized carbons (Fsp3) is 0.750. The highest BCUT2D eigenvalue weighted by Crippen LogP contribution is 2.01. The van der Waals surface area contributed by atoms with E-state index >= 15 is 0 Å². The Labute approximate surface area is 105 Å². The summed E-state index contributed by atoms with van der Waals surface area (Å²) in [5.74, 6) is -0.494. The minimum atomic E-state index is -0.713. The maximum absolute atomic E-state index is 10.4. The monoisotopic (exact) mass is 249 g/mol. The molecule has 0 aliphatic rings. The molecule has 0 amide bonds. The molecule has 0 bridgehead atoms. The van der Waals surface area contributed by atoms with Crippen molar-refractivity contribution in [2.45, 2.75) is 39.0 Å². The van der Waals surface area contributed by atoms with E-state index in [4.69, 9.17) is 5.11 Å². The Morgan fingerprint density at radius 3 is 2.69 bits per heavy atom. The molecular formula is C12H24ClNO2. The number of hydrogen-bond donors (Lipinski definition) is 2. The number of hydrogen-bond acceptors (Lipinski definition) is 2. The molecule has 1 unspecified atom stereocenters. The van der Waals surface area contributed by atoms with E-state index in [1.54, 1.807) is 0 Å². The molecule has 0 spiro atoms. The number of carbonyl (C=O) groups is 1. The molecule has 0 aromatic rings. The van der Waals surface area contributed by atoms with Crippen molar-refractivity contribution in [1.82, 2.24) is 5.32 Å². The molecule has 0 fully saturated rings. The van der Waals surface area contributed by atoms with Gasteiger partial charge in [0, 0.05) is 6.42 Å². The van der Waals surface area contributed by atoms with Gasteiger partial charge >= 0.3 is 5.97 Å². The van der Waals surface area contributed by atoms with E-state index in [1.807, 2.05) is 13.0 Å². The zero-order chi connectivity index (χ0) is 11.5. The third-order valence-corrected chi connectivity index (χ3v) is 2.28. The molecule has 0 aromatic carbocycles. The molecule has 0 aromatic heterocycles. The van der Waals surface area contributed by atoms with Crippen LogP contribution < -0.4 is 5.32 Å². The second-order valence-corrected chi connectivity index (χ2v) is 4.05. The summed E-state index contributed by atoms with van der Waals surface area (Å²) in [6, 6.07) is 0. The fourth-order valence-electron chi connectivity index (χ4n) is 1.43. The van der Waals surface area contributed by atoms with Crippen molar-refractivity contribution in [2.24, 2.45) is 5.92 Å². The van der Waals surface area contributed by atoms with Crippen LogP contribution in [-0.2, 0) is 4.79 Å². The SMILES string of the molecule is C=CCCCCCNCC(C)CC(=O)O.Cl. The average molecular weight is 250 g/mol. The van der Waals surface area contributed by atoms with Gasteiger partial charge in [-0.25, -0.2) is 0 Å². The van der Waals surface area contributed by atoms with E-state index in [0.29, 0.717) is 0 Å². The molecule has 4 heteroatoms. The molecule has 0 aliphatic carbocycles. The van der Waals surface area contributed by atoms with Crippen LogP contribution in [0.2, 0.25) is 0 Å². The number of rotatable bonds is 10. The Bertz CT molecular complexity index is 186. The predicted octanol–water partition coefficient (Wildman–Crippen LogP) is 2.86. The van der Waals surface area contributed by atoms with Gasteiger partial charge in [-0.2, -0.15) is 0 Å². The Hall–Kier alpha value is -0.540. The summed E-state index contributed by atoms with van der Waals surface area (Å²) in [6.45, 7) is 7.42. The van der Waals surface area contributed by atoms with Crippen molar-refractivity contribution in [1.29, 1.82) is 0 Å². The number of carboxylic acid groups (broad SMARTS) is 1. The first-order valence-corrected chi connectivity index (χ1v) is 5.70. The summed E-state index contributed by atoms with van der Waals surface area (Å²) in [4.78, 5) is 10.4. The van der Waals surface area contributed by atoms with Crippen LogP contribution in [0, 0.1) is 5.92 Å². The number of nitrogens with one attached hydrogen (secondary N) is 1. The minimum Gasteiger partial charge on any atom is -0.481 e. The third kappa shape index (κ3) is 13.5. The molecule has 0 saturated carbocycles. The number of unbranched alkanes of at least 4 members (excludes halogenated alkanes) is 3. The Balaban J connectivity index is 0. The van der Waals surface area contributed by atoms with Crippen molar-refractivity contribution in [3.05, 3.63) is 12.7 Å². The molecule has 16 heavy (non-hydrogen) atoms. The maximum Gasteiger partial charge on any atom is 0.303 e. The molecule has 3 nitrogen and oxygen atoms in total. The van der Waals surface area contributed by atoms with Crippen LogP contribution in [0.4, 0.5) is 0 Å². The second kappa shape index (κ2) is 12.5. The molecule has 0 heterocycles. The van der Waals surface area contributed by atoms with E-state index in [0.717, 1.165) is 25.9 Å². The second-order valence-electron chi connectivity index (χ2n) is 4.05. The first kappa shape index (κ1) is 17.8. The van der Waals surface area contributed by atoms with Gasteiger partial charge in [0.25, 0.3) is 0 Å². The van der Waals surface area contributed by atoms with E-state index < -0.39 is 5.97 Å². The molecule has 0 aliphatic heterocycles. The largest absolute Gasteiger partial charge is 0.481 e. The van der Waals surface area contributed by atoms with Gasteiger partial charge in [-0.15, -0.1) is 19.0 Å². The first-order valence-electron chi connectivity index (χ1n) is 5.70. The van der Waals surface area contributed by atoms with Crippen molar-refractivity contribution in [2.75, 3.05) is 13.1 Å². The van der Waals surface area contributed by atoms with Crippen molar-refractivity contribution in [3.63, 3.8) is 0 Å². The van der Waals surface area contributed by atoms with Gasteiger partial charge in [-0.05, 0) is 38.3 Å². The lowest BCUT2D eigenvalue weighted by Crippen LogP contribution is -2.23. The van der Waals surface area contributed by atoms with Crippen molar-refractivity contribution >= 4 is 18.4 Å². The van der Waals surface area contributed by atoms with Crippen LogP contribution in [0.5, 0.6) is 0 Å². The minimum absolute atomic E-state index is 0. The fourth-order valence-corrected chi connectivity index (χ4v) is 1.43. The number of carboxylic acids is 1. The highest BCUT2D eigenvalue weighted by Gasteiger charge is 2.05. The van der Waals surface area contributed by atoms with Crippen LogP contribution in [0.25, 0.3) is 0 Å². The van der Waals surface area contributed by atoms with Crippen LogP contribution in [0.15, 0.2) is 12.7 Å². The molecular weight excluding hydrogens is 226 g/mol. The van der Waals surface area contributed by atoms with E-state index in [-0.39, 0.29) is 24.7 Å². The lowest BCUT2D eigenvalue weighted by molar-refractivity contribution is -0.137. The number of halogens is 1. The summed E-state index contributed by atoms with van der Waals surface area (Å²) < 4.78 is 0. The highest BCUT2D eigenvalue weighted by molar-refractivity contribution is 5.85. The van der Waals surface area contributed by atoms with Gasteiger partial charge in [-0.1, -0.05) is 19.4 Å². The molecule has 2 N–H and O–H groups in total. The Morgan fingerprint density at radius 1 is 1.44 bits per heavy atom. The maximum atomic E-state index is 10.4. The average Bonchev–Trinajstić information content (AvgIpc) is 2.15. The van der Waals surface area contributed by atoms with Crippen LogP contribution in [0.3, 0.4) is 0 Å². The lowest BCUT2D eigenvalue weighted by atomic mass is 10.1. The van der Waals surface area contributed by atoms with Gasteiger partial charge in [0.2, 0.25) is 0 Å². The molecule has 96 valence electrons. The van der Waals surface area contributed by atoms with E-state index in [9.17, 15) is 4.79 Å². The van der Waals surface area contributed by atoms with Gasteiger partial charge < -0.3 is 10.4 Å². The molecule has 0 radical (unpaired) electrons. The number of allylic oxidation sites excluding steroid dienone is 1. The third-order valence-electron chi connectivity index (χ3n) is 2.28. The van der Waals surface area contributed by atoms with Gasteiger partial charge in [-0.3, -0.25) is 4.79 Å². The summed E-state index contributed by atoms with van der Waals surface area (Å²) in [5, 5.41) is 11.8. The summed E-state index contributed by atoms with van der Waals surface area (Å²) in [7, 11) is 0. The van der Waals surface area contributed by atoms with Crippen LogP contribution in [-0.4, -0.2) is 24.2 Å². The Kier molecular flexibility index (Phi) is 14.0. The normalized spacial score (nSPS) is 11.6. The summed E-state index contributed by atoms with van der Waals surface area (Å²) in [5.41, 5.74) is 0. The van der Waals surface area contributed by atoms with Crippen molar-refractivity contribution in [3.8, 4) is 0 Å². The summed E-state index contributed by atoms with van der Waals surface area (Å²) in [6.07, 6.45) is 6.87. The smallest absolute Gasteiger partial charge is 0.303 e.